The molecule has 0 radical (unpaired) electrons. The highest BCUT2D eigenvalue weighted by atomic mass is 17.1. The van der Waals surface area contributed by atoms with Gasteiger partial charge in [-0.3, -0.25) is 0 Å². The first-order valence-corrected chi connectivity index (χ1v) is 8.17. The van der Waals surface area contributed by atoms with E-state index in [0.717, 1.165) is 6.92 Å². The fraction of sp³-hybridized carbons (Fsp3) is 0.929. The van der Waals surface area contributed by atoms with E-state index in [2.05, 4.69) is 4.89 Å². The first kappa shape index (κ1) is 25.0. The van der Waals surface area contributed by atoms with Gasteiger partial charge in [0.25, 0.3) is 0 Å². The van der Waals surface area contributed by atoms with Crippen LogP contribution in [0.1, 0.15) is 6.92 Å². The van der Waals surface area contributed by atoms with E-state index in [-0.39, 0.29) is 0 Å². The smallest absolute Gasteiger partial charge is 0.339 e. The molecule has 9 N–H and O–H groups in total. The molecule has 0 bridgehead atoms. The summed E-state index contributed by atoms with van der Waals surface area (Å²) in [4.78, 5) is 12.5. The molecule has 2 aliphatic heterocycles. The normalized spacial score (nSPS) is 43.6. The molecule has 2 aliphatic rings. The number of aliphatic hydroxyl groups excluding tert-OH is 8. The second kappa shape index (κ2) is 11.2. The Labute approximate surface area is 158 Å². The maximum Gasteiger partial charge on any atom is 0.339 e. The number of aliphatic hydroxyl groups is 8. The minimum absolute atomic E-state index is 0.667. The molecule has 0 aromatic heterocycles. The monoisotopic (exact) mass is 418 g/mol. The molecule has 0 saturated carbocycles. The molecule has 0 unspecified atom stereocenters. The molecule has 2 heterocycles. The Hall–Kier alpha value is -1.01. The zero-order chi connectivity index (χ0) is 21.6. The summed E-state index contributed by atoms with van der Waals surface area (Å²) in [5.74, 6) is -0.690. The van der Waals surface area contributed by atoms with Gasteiger partial charge in [0.2, 0.25) is 0 Å². The third-order valence-corrected chi connectivity index (χ3v) is 4.11. The van der Waals surface area contributed by atoms with Crippen LogP contribution >= 0.6 is 0 Å². The lowest BCUT2D eigenvalue weighted by molar-refractivity contribution is -0.355. The standard InChI is InChI=1S/C12H22O11.C2H4O3/c13-1-3-5(15)6(16)9(19)12(22-3)23-10-4(2-14)21-11(20)8(18)7(10)17;1-2(3)5-4/h3-20H,1-2H2;4H,1H3/t3-,4-,5+,6+,7-,8-,9-,10-,11-,12+;/m1./s1. The first-order valence-electron chi connectivity index (χ1n) is 8.17. The predicted molar refractivity (Wildman–Crippen MR) is 83.0 cm³/mol. The van der Waals surface area contributed by atoms with Gasteiger partial charge in [-0.25, -0.2) is 4.79 Å². The van der Waals surface area contributed by atoms with Gasteiger partial charge in [0, 0.05) is 6.92 Å². The number of rotatable bonds is 4. The lowest BCUT2D eigenvalue weighted by Gasteiger charge is -2.45. The van der Waals surface area contributed by atoms with E-state index in [1.165, 1.54) is 0 Å². The molecule has 2 rings (SSSR count). The van der Waals surface area contributed by atoms with Crippen molar-refractivity contribution in [3.63, 3.8) is 0 Å². The van der Waals surface area contributed by atoms with Gasteiger partial charge in [-0.15, -0.1) is 0 Å². The van der Waals surface area contributed by atoms with Crippen LogP contribution in [0.4, 0.5) is 0 Å². The van der Waals surface area contributed by atoms with Gasteiger partial charge in [-0.1, -0.05) is 0 Å². The highest BCUT2D eigenvalue weighted by molar-refractivity contribution is 5.64. The second-order valence-electron chi connectivity index (χ2n) is 6.11. The maximum absolute atomic E-state index is 9.94. The van der Waals surface area contributed by atoms with Crippen molar-refractivity contribution in [1.82, 2.24) is 0 Å². The summed E-state index contributed by atoms with van der Waals surface area (Å²) in [6.45, 7) is -0.234. The lowest BCUT2D eigenvalue weighted by atomic mass is 9.97. The first-order chi connectivity index (χ1) is 13.1. The molecule has 2 fully saturated rings. The molecule has 14 heteroatoms. The third-order valence-electron chi connectivity index (χ3n) is 4.11. The summed E-state index contributed by atoms with van der Waals surface area (Å²) in [6, 6.07) is 0. The fourth-order valence-corrected chi connectivity index (χ4v) is 2.57. The van der Waals surface area contributed by atoms with Crippen molar-refractivity contribution in [3.05, 3.63) is 0 Å². The van der Waals surface area contributed by atoms with Gasteiger partial charge in [-0.05, 0) is 0 Å². The van der Waals surface area contributed by atoms with Crippen molar-refractivity contribution in [1.29, 1.82) is 0 Å². The highest BCUT2D eigenvalue weighted by Crippen LogP contribution is 2.28. The Morgan fingerprint density at radius 3 is 1.82 bits per heavy atom. The van der Waals surface area contributed by atoms with Crippen LogP contribution in [-0.2, 0) is 23.9 Å². The zero-order valence-corrected chi connectivity index (χ0v) is 14.8. The van der Waals surface area contributed by atoms with E-state index in [4.69, 9.17) is 24.6 Å². The van der Waals surface area contributed by atoms with Crippen LogP contribution < -0.4 is 0 Å². The van der Waals surface area contributed by atoms with Crippen LogP contribution in [0.3, 0.4) is 0 Å². The minimum atomic E-state index is -1.74. The van der Waals surface area contributed by atoms with Crippen molar-refractivity contribution in [2.45, 2.75) is 68.3 Å². The van der Waals surface area contributed by atoms with E-state index in [0.29, 0.717) is 0 Å². The summed E-state index contributed by atoms with van der Waals surface area (Å²) < 4.78 is 15.3. The third kappa shape index (κ3) is 5.99. The average molecular weight is 418 g/mol. The van der Waals surface area contributed by atoms with Crippen LogP contribution in [0.2, 0.25) is 0 Å². The number of carbonyl (C=O) groups is 1. The number of hydrogen-bond donors (Lipinski definition) is 9. The molecule has 10 atom stereocenters. The molecule has 0 spiro atoms. The van der Waals surface area contributed by atoms with E-state index in [1.807, 2.05) is 0 Å². The van der Waals surface area contributed by atoms with Gasteiger partial charge < -0.3 is 60.0 Å². The Bertz CT molecular complexity index is 473. The summed E-state index contributed by atoms with van der Waals surface area (Å²) in [5.41, 5.74) is 0. The maximum atomic E-state index is 9.94. The van der Waals surface area contributed by atoms with E-state index < -0.39 is 80.6 Å². The summed E-state index contributed by atoms with van der Waals surface area (Å²) in [6.07, 6.45) is -15.6. The Morgan fingerprint density at radius 2 is 1.36 bits per heavy atom. The molecule has 166 valence electrons. The summed E-state index contributed by atoms with van der Waals surface area (Å²) in [7, 11) is 0. The van der Waals surface area contributed by atoms with Gasteiger partial charge in [-0.2, -0.15) is 5.26 Å². The van der Waals surface area contributed by atoms with Crippen LogP contribution in [0.5, 0.6) is 0 Å². The van der Waals surface area contributed by atoms with Gasteiger partial charge >= 0.3 is 5.97 Å². The molecule has 14 nitrogen and oxygen atoms in total. The van der Waals surface area contributed by atoms with Gasteiger partial charge in [0.05, 0.1) is 13.2 Å². The van der Waals surface area contributed by atoms with Crippen LogP contribution in [0, 0.1) is 0 Å². The van der Waals surface area contributed by atoms with E-state index >= 15 is 0 Å². The second-order valence-corrected chi connectivity index (χ2v) is 6.11. The van der Waals surface area contributed by atoms with Crippen LogP contribution in [-0.4, -0.2) is 127 Å². The van der Waals surface area contributed by atoms with E-state index in [9.17, 15) is 40.5 Å². The Morgan fingerprint density at radius 1 is 0.821 bits per heavy atom. The topological polar surface area (TPSA) is 236 Å². The highest BCUT2D eigenvalue weighted by Gasteiger charge is 2.50. The van der Waals surface area contributed by atoms with Crippen molar-refractivity contribution in [3.8, 4) is 0 Å². The van der Waals surface area contributed by atoms with Crippen LogP contribution in [0.25, 0.3) is 0 Å². The molecule has 0 amide bonds. The van der Waals surface area contributed by atoms with Gasteiger partial charge in [0.1, 0.15) is 48.8 Å². The average Bonchev–Trinajstić information content (AvgIpc) is 2.68. The molecule has 0 aromatic rings. The van der Waals surface area contributed by atoms with Crippen molar-refractivity contribution < 1.29 is 70.0 Å². The van der Waals surface area contributed by atoms with Crippen molar-refractivity contribution in [2.75, 3.05) is 13.2 Å². The lowest BCUT2D eigenvalue weighted by Crippen LogP contribution is -2.64. The number of hydrogen-bond acceptors (Lipinski definition) is 14. The largest absolute Gasteiger partial charge is 0.394 e. The molecule has 28 heavy (non-hydrogen) atoms. The summed E-state index contributed by atoms with van der Waals surface area (Å²) >= 11 is 0. The number of ether oxygens (including phenoxy) is 3. The van der Waals surface area contributed by atoms with E-state index in [1.54, 1.807) is 0 Å². The Kier molecular flexibility index (Phi) is 10.1. The van der Waals surface area contributed by atoms with Crippen molar-refractivity contribution in [2.24, 2.45) is 0 Å². The predicted octanol–water partition coefficient (Wildman–Crippen LogP) is -5.37. The van der Waals surface area contributed by atoms with Crippen molar-refractivity contribution >= 4 is 5.97 Å². The summed E-state index contributed by atoms with van der Waals surface area (Å²) in [5, 5.41) is 83.8. The van der Waals surface area contributed by atoms with Gasteiger partial charge in [0.15, 0.2) is 12.6 Å². The minimum Gasteiger partial charge on any atom is -0.394 e. The molecule has 2 saturated heterocycles. The molecule has 0 aromatic carbocycles. The quantitative estimate of drug-likeness (QED) is 0.153. The van der Waals surface area contributed by atoms with Crippen LogP contribution in [0.15, 0.2) is 0 Å². The Balaban J connectivity index is 0.000000696. The fourth-order valence-electron chi connectivity index (χ4n) is 2.57. The molecular weight excluding hydrogens is 392 g/mol. The molecular formula is C14H26O14. The zero-order valence-electron chi connectivity index (χ0n) is 14.8. The SMILES string of the molecule is CC(=O)OO.OC[C@H]1O[C@@H](O[C@H]2[C@H](O)[C@@H](O)[C@H](O)O[C@@H]2CO)[C@H](O)[C@@H](O)[C@H]1O. The number of carbonyl (C=O) groups excluding carboxylic acids is 1. The molecule has 0 aliphatic carbocycles.